The number of carbonyl (C=O) groups is 1. The van der Waals surface area contributed by atoms with E-state index in [1.165, 1.54) is 0 Å². The van der Waals surface area contributed by atoms with Crippen molar-refractivity contribution in [2.45, 2.75) is 6.92 Å². The molecule has 3 nitrogen and oxygen atoms in total. The highest BCUT2D eigenvalue weighted by Crippen LogP contribution is 2.23. The molecule has 0 fully saturated rings. The molecule has 2 rings (SSSR count). The molecular weight excluding hydrogens is 232 g/mol. The summed E-state index contributed by atoms with van der Waals surface area (Å²) in [6, 6.07) is 1.80. The zero-order valence-electron chi connectivity index (χ0n) is 6.97. The number of hydrogen-bond acceptors (Lipinski definition) is 2. The van der Waals surface area contributed by atoms with E-state index in [4.69, 9.17) is 0 Å². The van der Waals surface area contributed by atoms with Gasteiger partial charge >= 0.3 is 0 Å². The molecule has 0 bridgehead atoms. The summed E-state index contributed by atoms with van der Waals surface area (Å²) in [5.74, 6) is 0. The van der Waals surface area contributed by atoms with Crippen molar-refractivity contribution in [2.75, 3.05) is 0 Å². The van der Waals surface area contributed by atoms with E-state index >= 15 is 0 Å². The summed E-state index contributed by atoms with van der Waals surface area (Å²) in [5.41, 5.74) is 2.40. The second kappa shape index (κ2) is 2.96. The number of H-pyrrole nitrogens is 1. The molecule has 0 saturated carbocycles. The summed E-state index contributed by atoms with van der Waals surface area (Å²) in [6.07, 6.45) is 2.51. The first-order valence-electron chi connectivity index (χ1n) is 3.81. The van der Waals surface area contributed by atoms with E-state index in [-0.39, 0.29) is 0 Å². The highest BCUT2D eigenvalue weighted by Gasteiger charge is 2.05. The van der Waals surface area contributed by atoms with Crippen LogP contribution in [0.3, 0.4) is 0 Å². The topological polar surface area (TPSA) is 45.8 Å². The Kier molecular flexibility index (Phi) is 1.92. The molecule has 0 saturated heterocycles. The summed E-state index contributed by atoms with van der Waals surface area (Å²) in [6.45, 7) is 1.98. The molecular formula is C9H7BrN2O. The highest BCUT2D eigenvalue weighted by atomic mass is 79.9. The number of fused-ring (bicyclic) bond motifs is 1. The van der Waals surface area contributed by atoms with Crippen molar-refractivity contribution in [1.29, 1.82) is 0 Å². The Morgan fingerprint density at radius 1 is 1.62 bits per heavy atom. The first-order chi connectivity index (χ1) is 6.22. The second-order valence-corrected chi connectivity index (χ2v) is 3.69. The van der Waals surface area contributed by atoms with E-state index in [1.807, 2.05) is 6.92 Å². The van der Waals surface area contributed by atoms with Crippen LogP contribution in [-0.2, 0) is 0 Å². The number of nitrogens with one attached hydrogen (secondary N) is 1. The lowest BCUT2D eigenvalue weighted by atomic mass is 10.2. The van der Waals surface area contributed by atoms with Crippen LogP contribution in [0.2, 0.25) is 0 Å². The minimum absolute atomic E-state index is 0.559. The average Bonchev–Trinajstić information content (AvgIpc) is 2.55. The predicted octanol–water partition coefficient (Wildman–Crippen LogP) is 2.45. The highest BCUT2D eigenvalue weighted by molar-refractivity contribution is 9.10. The van der Waals surface area contributed by atoms with Gasteiger partial charge < -0.3 is 4.98 Å². The zero-order valence-corrected chi connectivity index (χ0v) is 8.55. The molecule has 0 spiro atoms. The Labute approximate surface area is 83.3 Å². The Balaban J connectivity index is 2.83. The van der Waals surface area contributed by atoms with Gasteiger partial charge in [-0.25, -0.2) is 4.98 Å². The van der Waals surface area contributed by atoms with Crippen LogP contribution in [0.25, 0.3) is 11.0 Å². The van der Waals surface area contributed by atoms with Gasteiger partial charge in [0.05, 0.1) is 5.69 Å². The standard InChI is InChI=1S/C9H7BrN2O/c1-5-7-2-6(4-13)12-9(7)11-3-8(5)10/h2-4H,1H3,(H,11,12). The van der Waals surface area contributed by atoms with Crippen molar-refractivity contribution in [3.05, 3.63) is 28.0 Å². The first-order valence-corrected chi connectivity index (χ1v) is 4.60. The molecule has 2 aromatic heterocycles. The smallest absolute Gasteiger partial charge is 0.166 e. The second-order valence-electron chi connectivity index (χ2n) is 2.84. The van der Waals surface area contributed by atoms with Gasteiger partial charge in [-0.1, -0.05) is 0 Å². The third-order valence-corrected chi connectivity index (χ3v) is 2.81. The fourth-order valence-corrected chi connectivity index (χ4v) is 1.58. The minimum atomic E-state index is 0.559. The Bertz CT molecular complexity index is 476. The molecule has 0 radical (unpaired) electrons. The van der Waals surface area contributed by atoms with Crippen LogP contribution in [0, 0.1) is 6.92 Å². The van der Waals surface area contributed by atoms with Crippen molar-refractivity contribution in [3.8, 4) is 0 Å². The van der Waals surface area contributed by atoms with Crippen LogP contribution >= 0.6 is 15.9 Å². The number of pyridine rings is 1. The van der Waals surface area contributed by atoms with E-state index in [0.29, 0.717) is 5.69 Å². The number of hydrogen-bond donors (Lipinski definition) is 1. The van der Waals surface area contributed by atoms with Gasteiger partial charge in [0.1, 0.15) is 5.65 Å². The molecule has 4 heteroatoms. The summed E-state index contributed by atoms with van der Waals surface area (Å²) >= 11 is 3.38. The average molecular weight is 239 g/mol. The number of carbonyl (C=O) groups excluding carboxylic acids is 1. The number of aryl methyl sites for hydroxylation is 1. The molecule has 13 heavy (non-hydrogen) atoms. The number of rotatable bonds is 1. The van der Waals surface area contributed by atoms with Gasteiger partial charge in [-0.05, 0) is 34.5 Å². The summed E-state index contributed by atoms with van der Waals surface area (Å²) < 4.78 is 0.955. The molecule has 2 heterocycles. The third-order valence-electron chi connectivity index (χ3n) is 2.01. The van der Waals surface area contributed by atoms with Gasteiger partial charge in [-0.2, -0.15) is 0 Å². The van der Waals surface area contributed by atoms with Crippen LogP contribution < -0.4 is 0 Å². The molecule has 66 valence electrons. The normalized spacial score (nSPS) is 10.6. The van der Waals surface area contributed by atoms with Crippen LogP contribution in [0.1, 0.15) is 16.1 Å². The molecule has 0 aliphatic rings. The SMILES string of the molecule is Cc1c(Br)cnc2[nH]c(C=O)cc12. The Morgan fingerprint density at radius 2 is 2.38 bits per heavy atom. The lowest BCUT2D eigenvalue weighted by Crippen LogP contribution is -1.81. The van der Waals surface area contributed by atoms with E-state index in [9.17, 15) is 4.79 Å². The van der Waals surface area contributed by atoms with Crippen LogP contribution in [0.15, 0.2) is 16.7 Å². The fraction of sp³-hybridized carbons (Fsp3) is 0.111. The number of halogens is 1. The maximum atomic E-state index is 10.5. The maximum Gasteiger partial charge on any atom is 0.166 e. The van der Waals surface area contributed by atoms with Gasteiger partial charge in [-0.15, -0.1) is 0 Å². The summed E-state index contributed by atoms with van der Waals surface area (Å²) in [4.78, 5) is 17.6. The lowest BCUT2D eigenvalue weighted by Gasteiger charge is -1.96. The van der Waals surface area contributed by atoms with Crippen LogP contribution in [0.5, 0.6) is 0 Å². The monoisotopic (exact) mass is 238 g/mol. The molecule has 0 unspecified atom stereocenters. The molecule has 2 aromatic rings. The van der Waals surface area contributed by atoms with Gasteiger partial charge in [0, 0.05) is 16.1 Å². The van der Waals surface area contributed by atoms with E-state index in [2.05, 4.69) is 25.9 Å². The molecule has 0 amide bonds. The fourth-order valence-electron chi connectivity index (χ4n) is 1.26. The maximum absolute atomic E-state index is 10.5. The van der Waals surface area contributed by atoms with E-state index in [1.54, 1.807) is 12.3 Å². The Hall–Kier alpha value is -1.16. The molecule has 0 aliphatic carbocycles. The van der Waals surface area contributed by atoms with Crippen molar-refractivity contribution >= 4 is 33.2 Å². The van der Waals surface area contributed by atoms with Gasteiger partial charge in [0.25, 0.3) is 0 Å². The van der Waals surface area contributed by atoms with Gasteiger partial charge in [0.2, 0.25) is 0 Å². The van der Waals surface area contributed by atoms with E-state index in [0.717, 1.165) is 27.4 Å². The third kappa shape index (κ3) is 1.27. The van der Waals surface area contributed by atoms with Crippen molar-refractivity contribution < 1.29 is 4.79 Å². The van der Waals surface area contributed by atoms with Crippen molar-refractivity contribution in [1.82, 2.24) is 9.97 Å². The largest absolute Gasteiger partial charge is 0.337 e. The first kappa shape index (κ1) is 8.44. The molecule has 0 aromatic carbocycles. The Morgan fingerprint density at radius 3 is 3.08 bits per heavy atom. The quantitative estimate of drug-likeness (QED) is 0.777. The number of aromatic nitrogens is 2. The number of aldehydes is 1. The summed E-state index contributed by atoms with van der Waals surface area (Å²) in [7, 11) is 0. The van der Waals surface area contributed by atoms with E-state index < -0.39 is 0 Å². The van der Waals surface area contributed by atoms with Crippen molar-refractivity contribution in [3.63, 3.8) is 0 Å². The molecule has 0 atom stereocenters. The number of nitrogens with zero attached hydrogens (tertiary/aromatic N) is 1. The molecule has 1 N–H and O–H groups in total. The van der Waals surface area contributed by atoms with Crippen LogP contribution in [-0.4, -0.2) is 16.3 Å². The lowest BCUT2D eigenvalue weighted by molar-refractivity contribution is 0.112. The van der Waals surface area contributed by atoms with Crippen molar-refractivity contribution in [2.24, 2.45) is 0 Å². The number of aromatic amines is 1. The minimum Gasteiger partial charge on any atom is -0.337 e. The molecule has 0 aliphatic heterocycles. The predicted molar refractivity (Wildman–Crippen MR) is 53.9 cm³/mol. The van der Waals surface area contributed by atoms with Gasteiger partial charge in [-0.3, -0.25) is 4.79 Å². The zero-order chi connectivity index (χ0) is 9.42. The van der Waals surface area contributed by atoms with Gasteiger partial charge in [0.15, 0.2) is 6.29 Å². The summed E-state index contributed by atoms with van der Waals surface area (Å²) in [5, 5.41) is 0.983. The van der Waals surface area contributed by atoms with Crippen LogP contribution in [0.4, 0.5) is 0 Å².